The van der Waals surface area contributed by atoms with Crippen molar-refractivity contribution in [3.05, 3.63) is 34.4 Å². The van der Waals surface area contributed by atoms with Gasteiger partial charge < -0.3 is 14.9 Å². The maximum absolute atomic E-state index is 11.6. The molecule has 23 heavy (non-hydrogen) atoms. The smallest absolute Gasteiger partial charge is 0.338 e. The molecule has 2 N–H and O–H groups in total. The van der Waals surface area contributed by atoms with E-state index >= 15 is 0 Å². The number of esters is 1. The van der Waals surface area contributed by atoms with Gasteiger partial charge >= 0.3 is 11.9 Å². The summed E-state index contributed by atoms with van der Waals surface area (Å²) in [7, 11) is 0. The first-order valence-corrected chi connectivity index (χ1v) is 8.10. The zero-order chi connectivity index (χ0) is 17.2. The first-order chi connectivity index (χ1) is 11.0. The second kappa shape index (κ2) is 10.0. The van der Waals surface area contributed by atoms with Gasteiger partial charge in [0.05, 0.1) is 17.7 Å². The number of ether oxygens (including phenoxy) is 1. The molecule has 0 bridgehead atoms. The fourth-order valence-electron chi connectivity index (χ4n) is 2.55. The van der Waals surface area contributed by atoms with Crippen molar-refractivity contribution >= 4 is 11.9 Å². The Kier molecular flexibility index (Phi) is 8.33. The Hall–Kier alpha value is -1.88. The molecule has 0 amide bonds. The number of aromatic carboxylic acids is 1. The first-order valence-electron chi connectivity index (χ1n) is 8.10. The topological polar surface area (TPSA) is 83.8 Å². The summed E-state index contributed by atoms with van der Waals surface area (Å²) >= 11 is 0. The minimum absolute atomic E-state index is 0.0714. The van der Waals surface area contributed by atoms with E-state index in [1.165, 1.54) is 50.7 Å². The Morgan fingerprint density at radius 1 is 0.957 bits per heavy atom. The number of benzene rings is 1. The standard InChI is InChI=1S/C12H14O5.C6H12/c1-7-8(2)10(12(16)17-6-5-13)4-3-9(7)11(14)15;1-2-4-6-5-3-1/h3-4,13H,5-6H2,1-2H3,(H,14,15);1-6H2. The molecule has 2 rings (SSSR count). The third kappa shape index (κ3) is 6.02. The van der Waals surface area contributed by atoms with Crippen molar-refractivity contribution in [2.75, 3.05) is 13.2 Å². The van der Waals surface area contributed by atoms with Gasteiger partial charge in [0, 0.05) is 0 Å². The van der Waals surface area contributed by atoms with E-state index in [0.29, 0.717) is 16.7 Å². The molecule has 1 fully saturated rings. The van der Waals surface area contributed by atoms with Crippen molar-refractivity contribution in [2.24, 2.45) is 0 Å². The van der Waals surface area contributed by atoms with E-state index < -0.39 is 11.9 Å². The van der Waals surface area contributed by atoms with Crippen LogP contribution in [0.1, 0.15) is 70.4 Å². The van der Waals surface area contributed by atoms with Crippen LogP contribution in [0.4, 0.5) is 0 Å². The zero-order valence-electron chi connectivity index (χ0n) is 13.9. The molecule has 5 heteroatoms. The Balaban J connectivity index is 0.000000366. The van der Waals surface area contributed by atoms with Gasteiger partial charge in [0.1, 0.15) is 6.61 Å². The number of carboxylic acid groups (broad SMARTS) is 1. The third-order valence-electron chi connectivity index (χ3n) is 4.06. The fourth-order valence-corrected chi connectivity index (χ4v) is 2.55. The van der Waals surface area contributed by atoms with E-state index in [9.17, 15) is 9.59 Å². The monoisotopic (exact) mass is 322 g/mol. The maximum atomic E-state index is 11.6. The molecule has 0 radical (unpaired) electrons. The highest BCUT2D eigenvalue weighted by Gasteiger charge is 2.16. The molecule has 0 spiro atoms. The number of carbonyl (C=O) groups is 2. The highest BCUT2D eigenvalue weighted by Crippen LogP contribution is 2.18. The summed E-state index contributed by atoms with van der Waals surface area (Å²) < 4.78 is 4.78. The van der Waals surface area contributed by atoms with Crippen molar-refractivity contribution < 1.29 is 24.5 Å². The minimum Gasteiger partial charge on any atom is -0.478 e. The van der Waals surface area contributed by atoms with Crippen LogP contribution in [-0.2, 0) is 4.74 Å². The Morgan fingerprint density at radius 2 is 1.39 bits per heavy atom. The predicted octanol–water partition coefficient (Wildman–Crippen LogP) is 3.49. The summed E-state index contributed by atoms with van der Waals surface area (Å²) in [6, 6.07) is 2.80. The fraction of sp³-hybridized carbons (Fsp3) is 0.556. The maximum Gasteiger partial charge on any atom is 0.338 e. The Morgan fingerprint density at radius 3 is 1.83 bits per heavy atom. The Labute approximate surface area is 137 Å². The van der Waals surface area contributed by atoms with E-state index in [4.69, 9.17) is 14.9 Å². The molecule has 128 valence electrons. The highest BCUT2D eigenvalue weighted by atomic mass is 16.5. The SMILES string of the molecule is C1CCCCC1.Cc1c(C(=O)O)ccc(C(=O)OCCO)c1C. The summed E-state index contributed by atoms with van der Waals surface area (Å²) in [6.45, 7) is 2.99. The van der Waals surface area contributed by atoms with Crippen molar-refractivity contribution in [1.29, 1.82) is 0 Å². The number of aliphatic hydroxyl groups excluding tert-OH is 1. The molecule has 1 saturated carbocycles. The van der Waals surface area contributed by atoms with Gasteiger partial charge in [0.15, 0.2) is 0 Å². The zero-order valence-corrected chi connectivity index (χ0v) is 13.9. The molecule has 1 aliphatic carbocycles. The lowest BCUT2D eigenvalue weighted by Crippen LogP contribution is -2.12. The van der Waals surface area contributed by atoms with E-state index in [0.717, 1.165) is 0 Å². The summed E-state index contributed by atoms with van der Waals surface area (Å²) in [5.74, 6) is -1.59. The second-order valence-corrected chi connectivity index (χ2v) is 5.70. The average Bonchev–Trinajstić information content (AvgIpc) is 2.57. The normalized spacial score (nSPS) is 13.7. The van der Waals surface area contributed by atoms with Gasteiger partial charge in [-0.25, -0.2) is 9.59 Å². The molecule has 0 aliphatic heterocycles. The summed E-state index contributed by atoms with van der Waals surface area (Å²) in [5, 5.41) is 17.5. The van der Waals surface area contributed by atoms with Crippen LogP contribution in [0.5, 0.6) is 0 Å². The molecule has 0 heterocycles. The molecule has 1 aliphatic rings. The molecular weight excluding hydrogens is 296 g/mol. The summed E-state index contributed by atoms with van der Waals surface area (Å²) in [5.41, 5.74) is 1.60. The van der Waals surface area contributed by atoms with Gasteiger partial charge in [0.2, 0.25) is 0 Å². The lowest BCUT2D eigenvalue weighted by molar-refractivity contribution is 0.0432. The van der Waals surface area contributed by atoms with Crippen molar-refractivity contribution in [1.82, 2.24) is 0 Å². The molecular formula is C18H26O5. The van der Waals surface area contributed by atoms with Crippen molar-refractivity contribution in [3.63, 3.8) is 0 Å². The molecule has 0 unspecified atom stereocenters. The number of carbonyl (C=O) groups excluding carboxylic acids is 1. The largest absolute Gasteiger partial charge is 0.478 e. The number of hydrogen-bond donors (Lipinski definition) is 2. The van der Waals surface area contributed by atoms with Gasteiger partial charge in [-0.3, -0.25) is 0 Å². The predicted molar refractivity (Wildman–Crippen MR) is 87.9 cm³/mol. The number of hydrogen-bond acceptors (Lipinski definition) is 4. The molecule has 0 aromatic heterocycles. The molecule has 0 atom stereocenters. The van der Waals surface area contributed by atoms with Crippen LogP contribution >= 0.6 is 0 Å². The number of aliphatic hydroxyl groups is 1. The van der Waals surface area contributed by atoms with Crippen LogP contribution in [0.2, 0.25) is 0 Å². The molecule has 5 nitrogen and oxygen atoms in total. The lowest BCUT2D eigenvalue weighted by Gasteiger charge is -2.10. The minimum atomic E-state index is -1.03. The quantitative estimate of drug-likeness (QED) is 0.829. The van der Waals surface area contributed by atoms with Gasteiger partial charge in [-0.2, -0.15) is 0 Å². The van der Waals surface area contributed by atoms with Crippen LogP contribution in [-0.4, -0.2) is 35.4 Å². The Bertz CT molecular complexity index is 521. The van der Waals surface area contributed by atoms with Crippen molar-refractivity contribution in [3.8, 4) is 0 Å². The van der Waals surface area contributed by atoms with Crippen LogP contribution < -0.4 is 0 Å². The number of carboxylic acids is 1. The van der Waals surface area contributed by atoms with Crippen LogP contribution in [0, 0.1) is 13.8 Å². The van der Waals surface area contributed by atoms with Crippen molar-refractivity contribution in [2.45, 2.75) is 52.4 Å². The van der Waals surface area contributed by atoms with E-state index in [1.54, 1.807) is 13.8 Å². The average molecular weight is 322 g/mol. The van der Waals surface area contributed by atoms with E-state index in [2.05, 4.69) is 0 Å². The third-order valence-corrected chi connectivity index (χ3v) is 4.06. The van der Waals surface area contributed by atoms with Gasteiger partial charge in [-0.05, 0) is 37.1 Å². The lowest BCUT2D eigenvalue weighted by atomic mass is 9.98. The highest BCUT2D eigenvalue weighted by molar-refractivity contribution is 5.95. The van der Waals surface area contributed by atoms with Gasteiger partial charge in [0.25, 0.3) is 0 Å². The summed E-state index contributed by atoms with van der Waals surface area (Å²) in [6.07, 6.45) is 9.00. The summed E-state index contributed by atoms with van der Waals surface area (Å²) in [4.78, 5) is 22.5. The van der Waals surface area contributed by atoms with Gasteiger partial charge in [-0.15, -0.1) is 0 Å². The molecule has 1 aromatic rings. The van der Waals surface area contributed by atoms with E-state index in [1.807, 2.05) is 0 Å². The second-order valence-electron chi connectivity index (χ2n) is 5.70. The van der Waals surface area contributed by atoms with Crippen LogP contribution in [0.3, 0.4) is 0 Å². The molecule has 1 aromatic carbocycles. The van der Waals surface area contributed by atoms with E-state index in [-0.39, 0.29) is 18.8 Å². The van der Waals surface area contributed by atoms with Crippen LogP contribution in [0.25, 0.3) is 0 Å². The molecule has 0 saturated heterocycles. The van der Waals surface area contributed by atoms with Gasteiger partial charge in [-0.1, -0.05) is 38.5 Å². The number of rotatable bonds is 4. The first kappa shape index (κ1) is 19.2. The van der Waals surface area contributed by atoms with Crippen LogP contribution in [0.15, 0.2) is 12.1 Å².